The standard InChI is InChI=1S/C17H44N2Si2.2HI/c1-18(2,3)16-20(7,8)14-12-11-13-15-21(9,10)17-19(4,5)6;;/h11-17H2,1-10H3;2*1H/q+2;;/p-2. The molecule has 0 aromatic heterocycles. The van der Waals surface area contributed by atoms with Gasteiger partial charge in [-0.05, 0) is 0 Å². The lowest BCUT2D eigenvalue weighted by atomic mass is 10.3. The van der Waals surface area contributed by atoms with E-state index in [0.717, 1.165) is 8.97 Å². The summed E-state index contributed by atoms with van der Waals surface area (Å²) in [5.74, 6) is 0. The second kappa shape index (κ2) is 11.5. The average molecular weight is 587 g/mol. The molecule has 0 heterocycles. The van der Waals surface area contributed by atoms with E-state index in [0.29, 0.717) is 0 Å². The smallest absolute Gasteiger partial charge is 0.113 e. The number of quaternary nitrogens is 2. The third-order valence-corrected chi connectivity index (χ3v) is 11.0. The Kier molecular flexibility index (Phi) is 14.8. The van der Waals surface area contributed by atoms with Crippen molar-refractivity contribution in [3.8, 4) is 0 Å². The molecule has 0 unspecified atom stereocenters. The number of hydrogen-bond acceptors (Lipinski definition) is 0. The summed E-state index contributed by atoms with van der Waals surface area (Å²) < 4.78 is 2.28. The maximum absolute atomic E-state index is 2.58. The molecular weight excluding hydrogens is 542 g/mol. The lowest BCUT2D eigenvalue weighted by molar-refractivity contribution is -0.860. The van der Waals surface area contributed by atoms with Gasteiger partial charge in [-0.2, -0.15) is 0 Å². The van der Waals surface area contributed by atoms with Gasteiger partial charge in [-0.3, -0.25) is 0 Å². The van der Waals surface area contributed by atoms with Crippen LogP contribution in [0.15, 0.2) is 0 Å². The van der Waals surface area contributed by atoms with Crippen LogP contribution < -0.4 is 48.0 Å². The van der Waals surface area contributed by atoms with Gasteiger partial charge in [0.05, 0.1) is 54.6 Å². The lowest BCUT2D eigenvalue weighted by Gasteiger charge is -2.33. The predicted molar refractivity (Wildman–Crippen MR) is 104 cm³/mol. The Bertz CT molecular complexity index is 279. The Labute approximate surface area is 184 Å². The number of halogens is 2. The summed E-state index contributed by atoms with van der Waals surface area (Å²) in [4.78, 5) is 0. The number of unbranched alkanes of at least 4 members (excludes halogenated alkanes) is 2. The third kappa shape index (κ3) is 20.0. The first-order chi connectivity index (χ1) is 9.12. The maximum atomic E-state index is 2.58. The third-order valence-electron chi connectivity index (χ3n) is 4.01. The summed E-state index contributed by atoms with van der Waals surface area (Å²) in [5.41, 5.74) is 0. The van der Waals surface area contributed by atoms with Crippen LogP contribution in [0.2, 0.25) is 38.3 Å². The summed E-state index contributed by atoms with van der Waals surface area (Å²) in [5, 5.41) is 0. The molecule has 0 aromatic carbocycles. The number of rotatable bonds is 10. The molecule has 0 rings (SSSR count). The maximum Gasteiger partial charge on any atom is 0.113 e. The molecule has 0 aliphatic heterocycles. The fraction of sp³-hybridized carbons (Fsp3) is 1.00. The van der Waals surface area contributed by atoms with E-state index in [9.17, 15) is 0 Å². The molecule has 0 radical (unpaired) electrons. The fourth-order valence-electron chi connectivity index (χ4n) is 4.11. The second-order valence-electron chi connectivity index (χ2n) is 10.8. The van der Waals surface area contributed by atoms with E-state index in [1.165, 1.54) is 43.7 Å². The van der Waals surface area contributed by atoms with Crippen LogP contribution >= 0.6 is 0 Å². The van der Waals surface area contributed by atoms with Gasteiger partial charge in [0.2, 0.25) is 0 Å². The Morgan fingerprint density at radius 2 is 0.783 bits per heavy atom. The monoisotopic (exact) mass is 586 g/mol. The molecule has 0 atom stereocenters. The Balaban J connectivity index is -0.00000200. The van der Waals surface area contributed by atoms with Gasteiger partial charge in [-0.1, -0.05) is 57.5 Å². The first-order valence-electron chi connectivity index (χ1n) is 8.73. The lowest BCUT2D eigenvalue weighted by Crippen LogP contribution is -3.00. The molecule has 0 fully saturated rings. The van der Waals surface area contributed by atoms with Crippen molar-refractivity contribution in [3.63, 3.8) is 0 Å². The molecule has 0 aliphatic carbocycles. The largest absolute Gasteiger partial charge is 1.00 e. The zero-order valence-corrected chi connectivity index (χ0v) is 23.9. The highest BCUT2D eigenvalue weighted by Crippen LogP contribution is 2.21. The van der Waals surface area contributed by atoms with Crippen molar-refractivity contribution in [2.24, 2.45) is 0 Å². The van der Waals surface area contributed by atoms with Crippen molar-refractivity contribution >= 4 is 16.1 Å². The van der Waals surface area contributed by atoms with Gasteiger partial charge in [0.1, 0.15) is 16.1 Å². The molecule has 0 N–H and O–H groups in total. The van der Waals surface area contributed by atoms with Crippen LogP contribution in [0.4, 0.5) is 0 Å². The van der Waals surface area contributed by atoms with Gasteiger partial charge in [0, 0.05) is 0 Å². The molecule has 0 bridgehead atoms. The zero-order chi connectivity index (χ0) is 16.9. The van der Waals surface area contributed by atoms with Gasteiger partial charge in [0.25, 0.3) is 0 Å². The molecule has 2 nitrogen and oxygen atoms in total. The summed E-state index contributed by atoms with van der Waals surface area (Å²) >= 11 is 0. The van der Waals surface area contributed by atoms with Crippen molar-refractivity contribution in [1.29, 1.82) is 0 Å². The van der Waals surface area contributed by atoms with Crippen LogP contribution in [0.5, 0.6) is 0 Å². The van der Waals surface area contributed by atoms with E-state index < -0.39 is 16.1 Å². The quantitative estimate of drug-likeness (QED) is 0.121. The highest BCUT2D eigenvalue weighted by Gasteiger charge is 2.29. The van der Waals surface area contributed by atoms with E-state index in [4.69, 9.17) is 0 Å². The molecule has 0 amide bonds. The summed E-state index contributed by atoms with van der Waals surface area (Å²) in [6.07, 6.45) is 7.22. The number of hydrogen-bond donors (Lipinski definition) is 0. The first kappa shape index (κ1) is 29.6. The van der Waals surface area contributed by atoms with E-state index in [-0.39, 0.29) is 48.0 Å². The van der Waals surface area contributed by atoms with Crippen molar-refractivity contribution in [3.05, 3.63) is 0 Å². The zero-order valence-electron chi connectivity index (χ0n) is 17.6. The number of nitrogens with zero attached hydrogens (tertiary/aromatic N) is 2. The van der Waals surface area contributed by atoms with Gasteiger partial charge in [-0.15, -0.1) is 0 Å². The van der Waals surface area contributed by atoms with Gasteiger partial charge in [0.15, 0.2) is 0 Å². The molecule has 0 saturated carbocycles. The first-order valence-corrected chi connectivity index (χ1v) is 15.6. The fourth-order valence-corrected chi connectivity index (χ4v) is 12.0. The molecule has 23 heavy (non-hydrogen) atoms. The van der Waals surface area contributed by atoms with Crippen LogP contribution in [0.25, 0.3) is 0 Å². The van der Waals surface area contributed by atoms with Crippen molar-refractivity contribution < 1.29 is 56.9 Å². The minimum atomic E-state index is -0.992. The van der Waals surface area contributed by atoms with E-state index in [1.54, 1.807) is 0 Å². The molecule has 0 aliphatic rings. The molecule has 6 heteroatoms. The van der Waals surface area contributed by atoms with Crippen molar-refractivity contribution in [1.82, 2.24) is 0 Å². The highest BCUT2D eigenvalue weighted by molar-refractivity contribution is 6.77. The molecule has 0 aromatic rings. The molecule has 144 valence electrons. The second-order valence-corrected chi connectivity index (χ2v) is 21.1. The van der Waals surface area contributed by atoms with E-state index in [2.05, 4.69) is 68.5 Å². The van der Waals surface area contributed by atoms with Gasteiger partial charge < -0.3 is 56.9 Å². The predicted octanol–water partition coefficient (Wildman–Crippen LogP) is -1.93. The van der Waals surface area contributed by atoms with Crippen LogP contribution in [-0.4, -0.2) is 79.7 Å². The highest BCUT2D eigenvalue weighted by atomic mass is 127. The van der Waals surface area contributed by atoms with Crippen LogP contribution in [0.1, 0.15) is 19.3 Å². The van der Waals surface area contributed by atoms with Crippen LogP contribution in [-0.2, 0) is 0 Å². The van der Waals surface area contributed by atoms with Crippen molar-refractivity contribution in [2.75, 3.05) is 54.6 Å². The summed E-state index contributed by atoms with van der Waals surface area (Å²) in [6.45, 7) is 10.3. The van der Waals surface area contributed by atoms with Gasteiger partial charge in [-0.25, -0.2) is 0 Å². The van der Waals surface area contributed by atoms with Crippen LogP contribution in [0.3, 0.4) is 0 Å². The summed E-state index contributed by atoms with van der Waals surface area (Å²) in [6, 6.07) is 3.03. The molecular formula is C17H44I2N2Si2. The SMILES string of the molecule is C[N+](C)(C)C[Si](C)(C)CCCCC[Si](C)(C)C[N+](C)(C)C.[I-].[I-]. The Hall–Kier alpha value is 1.81. The topological polar surface area (TPSA) is 0 Å². The Morgan fingerprint density at radius 3 is 1.00 bits per heavy atom. The minimum Gasteiger partial charge on any atom is -1.00 e. The minimum absolute atomic E-state index is 0. The van der Waals surface area contributed by atoms with Crippen molar-refractivity contribution in [2.45, 2.75) is 57.5 Å². The summed E-state index contributed by atoms with van der Waals surface area (Å²) in [7, 11) is 12.1. The Morgan fingerprint density at radius 1 is 0.522 bits per heavy atom. The average Bonchev–Trinajstić information content (AvgIpc) is 2.07. The van der Waals surface area contributed by atoms with E-state index >= 15 is 0 Å². The van der Waals surface area contributed by atoms with Crippen LogP contribution in [0, 0.1) is 0 Å². The van der Waals surface area contributed by atoms with Gasteiger partial charge >= 0.3 is 0 Å². The molecule has 0 spiro atoms. The molecule has 0 saturated heterocycles. The normalized spacial score (nSPS) is 13.3. The van der Waals surface area contributed by atoms with E-state index in [1.807, 2.05) is 0 Å².